The van der Waals surface area contributed by atoms with Gasteiger partial charge in [0.1, 0.15) is 5.82 Å². The van der Waals surface area contributed by atoms with Gasteiger partial charge in [-0.25, -0.2) is 4.39 Å². The molecule has 1 aromatic carbocycles. The van der Waals surface area contributed by atoms with Crippen LogP contribution in [0.3, 0.4) is 0 Å². The maximum absolute atomic E-state index is 13.9. The van der Waals surface area contributed by atoms with Gasteiger partial charge in [0, 0.05) is 11.6 Å². The Morgan fingerprint density at radius 1 is 1.40 bits per heavy atom. The molecule has 1 aliphatic carbocycles. The largest absolute Gasteiger partial charge is 0.352 e. The molecular weight excluding hydrogens is 255 g/mol. The Bertz CT molecular complexity index is 487. The third kappa shape index (κ3) is 2.85. The Morgan fingerprint density at radius 2 is 2.10 bits per heavy atom. The summed E-state index contributed by atoms with van der Waals surface area (Å²) in [4.78, 5) is 12.5. The van der Waals surface area contributed by atoms with Crippen LogP contribution in [0.2, 0.25) is 0 Å². The molecule has 4 heteroatoms. The predicted molar refractivity (Wildman–Crippen MR) is 77.8 cm³/mol. The highest BCUT2D eigenvalue weighted by atomic mass is 19.1. The summed E-state index contributed by atoms with van der Waals surface area (Å²) in [5.41, 5.74) is 5.28. The lowest BCUT2D eigenvalue weighted by molar-refractivity contribution is -0.126. The maximum Gasteiger partial charge on any atom is 0.230 e. The first kappa shape index (κ1) is 15.0. The molecular formula is C16H23FN2O. The lowest BCUT2D eigenvalue weighted by Crippen LogP contribution is -2.47. The fourth-order valence-corrected chi connectivity index (χ4v) is 2.95. The van der Waals surface area contributed by atoms with Gasteiger partial charge in [-0.15, -0.1) is 0 Å². The van der Waals surface area contributed by atoms with Crippen molar-refractivity contribution in [3.63, 3.8) is 0 Å². The minimum atomic E-state index is -0.882. The summed E-state index contributed by atoms with van der Waals surface area (Å²) in [5.74, 6) is -0.127. The van der Waals surface area contributed by atoms with Gasteiger partial charge in [-0.3, -0.25) is 4.79 Å². The average molecular weight is 278 g/mol. The summed E-state index contributed by atoms with van der Waals surface area (Å²) >= 11 is 0. The molecule has 0 radical (unpaired) electrons. The van der Waals surface area contributed by atoms with E-state index >= 15 is 0 Å². The van der Waals surface area contributed by atoms with Crippen LogP contribution < -0.4 is 11.1 Å². The molecule has 0 spiro atoms. The smallest absolute Gasteiger partial charge is 0.230 e. The quantitative estimate of drug-likeness (QED) is 0.888. The van der Waals surface area contributed by atoms with Crippen LogP contribution in [0, 0.1) is 11.7 Å². The summed E-state index contributed by atoms with van der Waals surface area (Å²) in [6, 6.07) is 6.57. The topological polar surface area (TPSA) is 55.1 Å². The maximum atomic E-state index is 13.9. The summed E-state index contributed by atoms with van der Waals surface area (Å²) < 4.78 is 13.9. The second kappa shape index (κ2) is 5.92. The molecule has 0 bridgehead atoms. The number of hydrogen-bond donors (Lipinski definition) is 2. The third-order valence-electron chi connectivity index (χ3n) is 4.39. The Hall–Kier alpha value is -1.42. The normalized spacial score (nSPS) is 22.8. The zero-order chi connectivity index (χ0) is 14.8. The van der Waals surface area contributed by atoms with Crippen molar-refractivity contribution in [2.45, 2.75) is 44.6 Å². The minimum absolute atomic E-state index is 0.124. The second-order valence-electron chi connectivity index (χ2n) is 6.11. The van der Waals surface area contributed by atoms with Gasteiger partial charge < -0.3 is 11.1 Å². The number of benzene rings is 1. The lowest BCUT2D eigenvalue weighted by atomic mass is 9.83. The van der Waals surface area contributed by atoms with Crippen LogP contribution >= 0.6 is 0 Å². The molecule has 2 unspecified atom stereocenters. The molecule has 1 aliphatic rings. The van der Waals surface area contributed by atoms with Crippen LogP contribution in [0.4, 0.5) is 4.39 Å². The van der Waals surface area contributed by atoms with Crippen molar-refractivity contribution in [2.75, 3.05) is 6.54 Å². The number of amides is 1. The van der Waals surface area contributed by atoms with E-state index < -0.39 is 5.41 Å². The second-order valence-corrected chi connectivity index (χ2v) is 6.11. The fourth-order valence-electron chi connectivity index (χ4n) is 2.95. The molecule has 3 nitrogen and oxygen atoms in total. The van der Waals surface area contributed by atoms with Crippen molar-refractivity contribution in [1.29, 1.82) is 0 Å². The first-order chi connectivity index (χ1) is 9.46. The first-order valence-corrected chi connectivity index (χ1v) is 7.23. The summed E-state index contributed by atoms with van der Waals surface area (Å²) in [6.45, 7) is 4.10. The minimum Gasteiger partial charge on any atom is -0.352 e. The fraction of sp³-hybridized carbons (Fsp3) is 0.562. The van der Waals surface area contributed by atoms with Gasteiger partial charge in [0.25, 0.3) is 0 Å². The number of halogens is 1. The molecule has 1 fully saturated rings. The summed E-state index contributed by atoms with van der Waals surface area (Å²) in [6.07, 6.45) is 3.11. The Labute approximate surface area is 119 Å². The van der Waals surface area contributed by atoms with Gasteiger partial charge >= 0.3 is 0 Å². The van der Waals surface area contributed by atoms with E-state index in [0.717, 1.165) is 19.3 Å². The summed E-state index contributed by atoms with van der Waals surface area (Å²) in [5, 5.41) is 3.06. The molecule has 3 N–H and O–H groups in total. The molecule has 1 aromatic rings. The molecule has 110 valence electrons. The summed E-state index contributed by atoms with van der Waals surface area (Å²) in [7, 11) is 0. The molecule has 0 saturated heterocycles. The van der Waals surface area contributed by atoms with Crippen molar-refractivity contribution in [3.8, 4) is 0 Å². The molecule has 0 aliphatic heterocycles. The molecule has 1 saturated carbocycles. The lowest BCUT2D eigenvalue weighted by Gasteiger charge is -2.28. The Balaban J connectivity index is 2.13. The van der Waals surface area contributed by atoms with Crippen LogP contribution in [0.5, 0.6) is 0 Å². The molecule has 2 rings (SSSR count). The number of hydrogen-bond acceptors (Lipinski definition) is 2. The number of rotatable bonds is 4. The number of nitrogens with two attached hydrogens (primary N) is 1. The highest BCUT2D eigenvalue weighted by Gasteiger charge is 2.36. The van der Waals surface area contributed by atoms with Crippen LogP contribution in [-0.4, -0.2) is 18.5 Å². The van der Waals surface area contributed by atoms with Crippen LogP contribution in [0.15, 0.2) is 24.3 Å². The van der Waals surface area contributed by atoms with Gasteiger partial charge in [0.2, 0.25) is 5.91 Å². The standard InChI is InChI=1S/C16H23FN2O/c1-16(2,12-7-3-4-8-13(12)17)15(20)19-14-9-5-6-11(14)10-18/h3-4,7-8,11,14H,5-6,9-10,18H2,1-2H3,(H,19,20). The van der Waals surface area contributed by atoms with Crippen LogP contribution in [0.1, 0.15) is 38.7 Å². The highest BCUT2D eigenvalue weighted by molar-refractivity contribution is 5.87. The van der Waals surface area contributed by atoms with E-state index in [2.05, 4.69) is 5.32 Å². The zero-order valence-electron chi connectivity index (χ0n) is 12.2. The van der Waals surface area contributed by atoms with E-state index in [4.69, 9.17) is 5.73 Å². The van der Waals surface area contributed by atoms with E-state index in [9.17, 15) is 9.18 Å². The van der Waals surface area contributed by atoms with Crippen LogP contribution in [-0.2, 0) is 10.2 Å². The van der Waals surface area contributed by atoms with Gasteiger partial charge in [0.15, 0.2) is 0 Å². The van der Waals surface area contributed by atoms with Gasteiger partial charge in [-0.05, 0) is 45.2 Å². The monoisotopic (exact) mass is 278 g/mol. The molecule has 0 heterocycles. The van der Waals surface area contributed by atoms with Gasteiger partial charge in [-0.1, -0.05) is 24.6 Å². The van der Waals surface area contributed by atoms with E-state index in [1.165, 1.54) is 6.07 Å². The number of carbonyl (C=O) groups is 1. The third-order valence-corrected chi connectivity index (χ3v) is 4.39. The van der Waals surface area contributed by atoms with E-state index in [1.807, 2.05) is 0 Å². The van der Waals surface area contributed by atoms with Crippen molar-refractivity contribution in [1.82, 2.24) is 5.32 Å². The van der Waals surface area contributed by atoms with Gasteiger partial charge in [-0.2, -0.15) is 0 Å². The average Bonchev–Trinajstić information content (AvgIpc) is 2.86. The van der Waals surface area contributed by atoms with Crippen molar-refractivity contribution in [2.24, 2.45) is 11.7 Å². The SMILES string of the molecule is CC(C)(C(=O)NC1CCCC1CN)c1ccccc1F. The molecule has 20 heavy (non-hydrogen) atoms. The molecule has 0 aromatic heterocycles. The predicted octanol–water partition coefficient (Wildman–Crippen LogP) is 2.35. The van der Waals surface area contributed by atoms with Crippen LogP contribution in [0.25, 0.3) is 0 Å². The molecule has 2 atom stereocenters. The Morgan fingerprint density at radius 3 is 2.75 bits per heavy atom. The van der Waals surface area contributed by atoms with E-state index in [1.54, 1.807) is 32.0 Å². The zero-order valence-corrected chi connectivity index (χ0v) is 12.2. The van der Waals surface area contributed by atoms with E-state index in [0.29, 0.717) is 18.0 Å². The highest BCUT2D eigenvalue weighted by Crippen LogP contribution is 2.29. The van der Waals surface area contributed by atoms with Gasteiger partial charge in [0.05, 0.1) is 5.41 Å². The molecule has 1 amide bonds. The van der Waals surface area contributed by atoms with Crippen molar-refractivity contribution < 1.29 is 9.18 Å². The van der Waals surface area contributed by atoms with Crippen molar-refractivity contribution in [3.05, 3.63) is 35.6 Å². The first-order valence-electron chi connectivity index (χ1n) is 7.23. The van der Waals surface area contributed by atoms with Crippen molar-refractivity contribution >= 4 is 5.91 Å². The Kier molecular flexibility index (Phi) is 4.43. The van der Waals surface area contributed by atoms with E-state index in [-0.39, 0.29) is 17.8 Å². The number of nitrogens with one attached hydrogen (secondary N) is 1. The number of carbonyl (C=O) groups excluding carboxylic acids is 1.